The van der Waals surface area contributed by atoms with Gasteiger partial charge < -0.3 is 14.9 Å². The first-order chi connectivity index (χ1) is 11.5. The molecule has 0 saturated carbocycles. The highest BCUT2D eigenvalue weighted by Crippen LogP contribution is 2.38. The van der Waals surface area contributed by atoms with E-state index in [2.05, 4.69) is 4.98 Å². The molecule has 0 aliphatic rings. The summed E-state index contributed by atoms with van der Waals surface area (Å²) >= 11 is 6.14. The van der Waals surface area contributed by atoms with Crippen molar-refractivity contribution >= 4 is 28.3 Å². The van der Waals surface area contributed by atoms with Crippen LogP contribution in [-0.2, 0) is 6.42 Å². The molecule has 6 heteroatoms. The van der Waals surface area contributed by atoms with E-state index >= 15 is 0 Å². The van der Waals surface area contributed by atoms with Crippen LogP contribution >= 0.6 is 11.6 Å². The summed E-state index contributed by atoms with van der Waals surface area (Å²) < 4.78 is 5.82. The molecule has 5 nitrogen and oxygen atoms in total. The van der Waals surface area contributed by atoms with Crippen molar-refractivity contribution in [3.63, 3.8) is 0 Å². The van der Waals surface area contributed by atoms with Crippen molar-refractivity contribution in [3.8, 4) is 17.2 Å². The van der Waals surface area contributed by atoms with Gasteiger partial charge in [0.2, 0.25) is 0 Å². The maximum absolute atomic E-state index is 11.2. The second-order valence-electron chi connectivity index (χ2n) is 5.18. The minimum Gasteiger partial charge on any atom is -0.505 e. The maximum Gasteiger partial charge on any atom is 0.358 e. The molecule has 3 aromatic rings. The van der Waals surface area contributed by atoms with E-state index in [1.165, 1.54) is 0 Å². The van der Waals surface area contributed by atoms with Crippen molar-refractivity contribution in [2.75, 3.05) is 0 Å². The molecule has 0 atom stereocenters. The summed E-state index contributed by atoms with van der Waals surface area (Å²) in [5, 5.41) is 20.3. The van der Waals surface area contributed by atoms with E-state index in [0.29, 0.717) is 28.7 Å². The number of carboxylic acids is 1. The molecule has 0 bridgehead atoms. The van der Waals surface area contributed by atoms with Crippen LogP contribution in [0.1, 0.15) is 23.0 Å². The lowest BCUT2D eigenvalue weighted by Crippen LogP contribution is -2.03. The Morgan fingerprint density at radius 3 is 2.54 bits per heavy atom. The van der Waals surface area contributed by atoms with Gasteiger partial charge in [-0.05, 0) is 36.2 Å². The quantitative estimate of drug-likeness (QED) is 0.674. The van der Waals surface area contributed by atoms with Crippen LogP contribution in [0.4, 0.5) is 0 Å². The van der Waals surface area contributed by atoms with E-state index in [1.807, 2.05) is 37.3 Å². The first kappa shape index (κ1) is 16.1. The number of pyridine rings is 1. The van der Waals surface area contributed by atoms with Crippen molar-refractivity contribution in [2.45, 2.75) is 13.3 Å². The van der Waals surface area contributed by atoms with E-state index < -0.39 is 11.7 Å². The Balaban J connectivity index is 2.21. The highest BCUT2D eigenvalue weighted by molar-refractivity contribution is 6.35. The molecule has 0 fully saturated rings. The third-order valence-electron chi connectivity index (χ3n) is 3.65. The van der Waals surface area contributed by atoms with Crippen molar-refractivity contribution in [1.29, 1.82) is 0 Å². The fourth-order valence-corrected chi connectivity index (χ4v) is 2.79. The minimum absolute atomic E-state index is 0.00779. The molecule has 0 saturated heterocycles. The standard InChI is InChI=1S/C18H14ClNO4/c1-2-10-8-12(24-11-6-4-3-5-7-11)9-13-14(10)16(21)15(18(22)23)20-17(13)19/h3-9,21H,2H2,1H3,(H,22,23). The van der Waals surface area contributed by atoms with Crippen molar-refractivity contribution in [3.05, 3.63) is 58.9 Å². The summed E-state index contributed by atoms with van der Waals surface area (Å²) in [6.45, 7) is 1.90. The molecule has 0 aliphatic heterocycles. The number of carbonyl (C=O) groups is 1. The van der Waals surface area contributed by atoms with Gasteiger partial charge in [0.25, 0.3) is 0 Å². The van der Waals surface area contributed by atoms with E-state index in [-0.39, 0.29) is 10.9 Å². The van der Waals surface area contributed by atoms with Crippen molar-refractivity contribution in [1.82, 2.24) is 4.98 Å². The third-order valence-corrected chi connectivity index (χ3v) is 3.94. The molecular weight excluding hydrogens is 330 g/mol. The zero-order valence-electron chi connectivity index (χ0n) is 12.8. The van der Waals surface area contributed by atoms with Crippen LogP contribution < -0.4 is 4.74 Å². The molecule has 2 N–H and O–H groups in total. The van der Waals surface area contributed by atoms with Gasteiger partial charge in [-0.3, -0.25) is 0 Å². The van der Waals surface area contributed by atoms with E-state index in [9.17, 15) is 9.90 Å². The Labute approximate surface area is 143 Å². The second-order valence-corrected chi connectivity index (χ2v) is 5.54. The van der Waals surface area contributed by atoms with Gasteiger partial charge in [0, 0.05) is 10.8 Å². The van der Waals surface area contributed by atoms with Gasteiger partial charge in [0.05, 0.1) is 0 Å². The zero-order valence-corrected chi connectivity index (χ0v) is 13.5. The zero-order chi connectivity index (χ0) is 17.3. The number of halogens is 1. The number of fused-ring (bicyclic) bond motifs is 1. The van der Waals surface area contributed by atoms with Gasteiger partial charge in [0.15, 0.2) is 11.4 Å². The number of aryl methyl sites for hydroxylation is 1. The van der Waals surface area contributed by atoms with Crippen LogP contribution in [0.3, 0.4) is 0 Å². The number of hydrogen-bond acceptors (Lipinski definition) is 4. The number of nitrogens with zero attached hydrogens (tertiary/aromatic N) is 1. The fourth-order valence-electron chi connectivity index (χ4n) is 2.56. The number of aromatic nitrogens is 1. The van der Waals surface area contributed by atoms with Crippen LogP contribution in [0.2, 0.25) is 5.15 Å². The first-order valence-corrected chi connectivity index (χ1v) is 7.70. The number of hydrogen-bond donors (Lipinski definition) is 2. The Kier molecular flexibility index (Phi) is 4.27. The van der Waals surface area contributed by atoms with Gasteiger partial charge in [-0.1, -0.05) is 36.7 Å². The maximum atomic E-state index is 11.2. The molecule has 122 valence electrons. The molecular formula is C18H14ClNO4. The van der Waals surface area contributed by atoms with E-state index in [1.54, 1.807) is 12.1 Å². The Morgan fingerprint density at radius 1 is 1.21 bits per heavy atom. The summed E-state index contributed by atoms with van der Waals surface area (Å²) in [6.07, 6.45) is 0.565. The van der Waals surface area contributed by atoms with Gasteiger partial charge >= 0.3 is 5.97 Å². The number of aromatic hydroxyl groups is 1. The molecule has 1 heterocycles. The number of para-hydroxylation sites is 1. The predicted octanol–water partition coefficient (Wildman–Crippen LogP) is 4.65. The predicted molar refractivity (Wildman–Crippen MR) is 91.3 cm³/mol. The van der Waals surface area contributed by atoms with Gasteiger partial charge in [-0.2, -0.15) is 0 Å². The van der Waals surface area contributed by atoms with Crippen LogP contribution in [-0.4, -0.2) is 21.2 Å². The Hall–Kier alpha value is -2.79. The number of ether oxygens (including phenoxy) is 1. The molecule has 3 rings (SSSR count). The smallest absolute Gasteiger partial charge is 0.358 e. The van der Waals surface area contributed by atoms with Gasteiger partial charge in [-0.25, -0.2) is 9.78 Å². The SMILES string of the molecule is CCc1cc(Oc2ccccc2)cc2c(Cl)nc(C(=O)O)c(O)c12. The summed E-state index contributed by atoms with van der Waals surface area (Å²) in [4.78, 5) is 15.0. The molecule has 0 amide bonds. The molecule has 0 aliphatic carbocycles. The summed E-state index contributed by atoms with van der Waals surface area (Å²) in [6, 6.07) is 12.6. The van der Waals surface area contributed by atoms with E-state index in [0.717, 1.165) is 5.56 Å². The summed E-state index contributed by atoms with van der Waals surface area (Å²) in [5.41, 5.74) is 0.265. The van der Waals surface area contributed by atoms with Crippen LogP contribution in [0.15, 0.2) is 42.5 Å². The highest BCUT2D eigenvalue weighted by Gasteiger charge is 2.20. The molecule has 0 radical (unpaired) electrons. The number of benzene rings is 2. The van der Waals surface area contributed by atoms with Crippen LogP contribution in [0.25, 0.3) is 10.8 Å². The number of carboxylic acid groups (broad SMARTS) is 1. The van der Waals surface area contributed by atoms with Gasteiger partial charge in [-0.15, -0.1) is 0 Å². The average molecular weight is 344 g/mol. The minimum atomic E-state index is -1.33. The van der Waals surface area contributed by atoms with E-state index in [4.69, 9.17) is 21.4 Å². The second kappa shape index (κ2) is 6.37. The van der Waals surface area contributed by atoms with Gasteiger partial charge in [0.1, 0.15) is 16.7 Å². The van der Waals surface area contributed by atoms with Crippen LogP contribution in [0.5, 0.6) is 17.2 Å². The summed E-state index contributed by atoms with van der Waals surface area (Å²) in [7, 11) is 0. The van der Waals surface area contributed by atoms with Crippen molar-refractivity contribution < 1.29 is 19.7 Å². The summed E-state index contributed by atoms with van der Waals surface area (Å²) in [5.74, 6) is -0.515. The fraction of sp³-hybridized carbons (Fsp3) is 0.111. The third kappa shape index (κ3) is 2.86. The average Bonchev–Trinajstić information content (AvgIpc) is 2.58. The molecule has 1 aromatic heterocycles. The molecule has 0 unspecified atom stereocenters. The normalized spacial score (nSPS) is 10.8. The Bertz CT molecular complexity index is 925. The topological polar surface area (TPSA) is 79.7 Å². The highest BCUT2D eigenvalue weighted by atomic mass is 35.5. The molecule has 24 heavy (non-hydrogen) atoms. The lowest BCUT2D eigenvalue weighted by molar-refractivity contribution is 0.0687. The number of aromatic carboxylic acids is 1. The lowest BCUT2D eigenvalue weighted by Gasteiger charge is -2.13. The van der Waals surface area contributed by atoms with Crippen molar-refractivity contribution in [2.24, 2.45) is 0 Å². The molecule has 2 aromatic carbocycles. The first-order valence-electron chi connectivity index (χ1n) is 7.32. The lowest BCUT2D eigenvalue weighted by atomic mass is 10.0. The number of rotatable bonds is 4. The monoisotopic (exact) mass is 343 g/mol. The van der Waals surface area contributed by atoms with Crippen LogP contribution in [0, 0.1) is 0 Å². The largest absolute Gasteiger partial charge is 0.505 e. The Morgan fingerprint density at radius 2 is 1.92 bits per heavy atom. The molecule has 0 spiro atoms.